The quantitative estimate of drug-likeness (QED) is 0.630. The smallest absolute Gasteiger partial charge is 0.326 e. The number of carboxylic acids is 1. The van der Waals surface area contributed by atoms with Crippen LogP contribution in [-0.4, -0.2) is 29.1 Å². The van der Waals surface area contributed by atoms with E-state index < -0.39 is 23.9 Å². The van der Waals surface area contributed by atoms with Crippen molar-refractivity contribution in [1.82, 2.24) is 5.32 Å². The highest BCUT2D eigenvalue weighted by molar-refractivity contribution is 6.30. The number of rotatable bonds is 6. The zero-order valence-corrected chi connectivity index (χ0v) is 11.2. The van der Waals surface area contributed by atoms with Crippen LogP contribution in [0.2, 0.25) is 5.02 Å². The van der Waals surface area contributed by atoms with Gasteiger partial charge in [-0.05, 0) is 30.7 Å². The topological polar surface area (TPSA) is 122 Å². The first-order chi connectivity index (χ1) is 9.38. The highest BCUT2D eigenvalue weighted by Gasteiger charge is 2.20. The molecule has 0 aliphatic rings. The van der Waals surface area contributed by atoms with Gasteiger partial charge >= 0.3 is 12.0 Å². The van der Waals surface area contributed by atoms with Crippen molar-refractivity contribution in [2.75, 3.05) is 5.32 Å². The van der Waals surface area contributed by atoms with Crippen molar-refractivity contribution in [1.29, 1.82) is 0 Å². The minimum Gasteiger partial charge on any atom is -0.480 e. The Hall–Kier alpha value is -2.28. The van der Waals surface area contributed by atoms with Crippen molar-refractivity contribution < 1.29 is 19.5 Å². The molecule has 20 heavy (non-hydrogen) atoms. The maximum absolute atomic E-state index is 11.6. The van der Waals surface area contributed by atoms with Crippen LogP contribution in [0.3, 0.4) is 0 Å². The molecule has 0 fully saturated rings. The summed E-state index contributed by atoms with van der Waals surface area (Å²) in [4.78, 5) is 33.2. The van der Waals surface area contributed by atoms with Crippen molar-refractivity contribution in [3.8, 4) is 0 Å². The number of carboxylic acid groups (broad SMARTS) is 1. The lowest BCUT2D eigenvalue weighted by Crippen LogP contribution is -2.43. The standard InChI is InChI=1S/C12H14ClN3O4/c13-7-1-3-8(4-2-7)15-12(20)16-9(11(18)19)5-6-10(14)17/h1-4,9H,5-6H2,(H2,14,17)(H,18,19)(H2,15,16,20)/t9-/m0/s1. The van der Waals surface area contributed by atoms with Crippen LogP contribution in [0, 0.1) is 0 Å². The summed E-state index contributed by atoms with van der Waals surface area (Å²) in [5.74, 6) is -1.87. The summed E-state index contributed by atoms with van der Waals surface area (Å²) < 4.78 is 0. The zero-order valence-electron chi connectivity index (χ0n) is 10.4. The number of urea groups is 1. The Bertz CT molecular complexity index is 504. The number of aliphatic carboxylic acids is 1. The number of benzene rings is 1. The summed E-state index contributed by atoms with van der Waals surface area (Å²) in [5, 5.41) is 14.1. The molecule has 1 rings (SSSR count). The highest BCUT2D eigenvalue weighted by Crippen LogP contribution is 2.13. The molecule has 0 heterocycles. The first-order valence-electron chi connectivity index (χ1n) is 5.72. The second kappa shape index (κ2) is 7.34. The number of hydrogen-bond acceptors (Lipinski definition) is 3. The Morgan fingerprint density at radius 1 is 1.25 bits per heavy atom. The number of amides is 3. The van der Waals surface area contributed by atoms with Crippen molar-refractivity contribution in [3.63, 3.8) is 0 Å². The predicted molar refractivity (Wildman–Crippen MR) is 73.5 cm³/mol. The van der Waals surface area contributed by atoms with Gasteiger partial charge in [0.25, 0.3) is 0 Å². The number of hydrogen-bond donors (Lipinski definition) is 4. The molecule has 5 N–H and O–H groups in total. The molecule has 0 saturated carbocycles. The lowest BCUT2D eigenvalue weighted by atomic mass is 10.1. The number of carbonyl (C=O) groups excluding carboxylic acids is 2. The fourth-order valence-corrected chi connectivity index (χ4v) is 1.53. The van der Waals surface area contributed by atoms with E-state index in [1.165, 1.54) is 0 Å². The second-order valence-electron chi connectivity index (χ2n) is 4.00. The van der Waals surface area contributed by atoms with E-state index in [1.807, 2.05) is 0 Å². The molecular formula is C12H14ClN3O4. The molecule has 0 radical (unpaired) electrons. The second-order valence-corrected chi connectivity index (χ2v) is 4.44. The number of primary amides is 1. The molecule has 7 nitrogen and oxygen atoms in total. The van der Waals surface area contributed by atoms with Crippen LogP contribution >= 0.6 is 11.6 Å². The van der Waals surface area contributed by atoms with Gasteiger partial charge in [-0.15, -0.1) is 0 Å². The Morgan fingerprint density at radius 3 is 2.35 bits per heavy atom. The van der Waals surface area contributed by atoms with Gasteiger partial charge in [0.1, 0.15) is 6.04 Å². The van der Waals surface area contributed by atoms with Gasteiger partial charge in [0.15, 0.2) is 0 Å². The van der Waals surface area contributed by atoms with Gasteiger partial charge in [-0.3, -0.25) is 4.79 Å². The molecule has 1 aromatic carbocycles. The minimum absolute atomic E-state index is 0.0707. The summed E-state index contributed by atoms with van der Waals surface area (Å²) in [7, 11) is 0. The SMILES string of the molecule is NC(=O)CC[C@H](NC(=O)Nc1ccc(Cl)cc1)C(=O)O. The van der Waals surface area contributed by atoms with Crippen molar-refractivity contribution in [2.24, 2.45) is 5.73 Å². The molecule has 1 aromatic rings. The van der Waals surface area contributed by atoms with Gasteiger partial charge in [0, 0.05) is 17.1 Å². The molecule has 1 atom stereocenters. The van der Waals surface area contributed by atoms with Gasteiger partial charge in [-0.1, -0.05) is 11.6 Å². The molecule has 0 aromatic heterocycles. The molecule has 0 spiro atoms. The molecule has 0 saturated heterocycles. The average molecular weight is 300 g/mol. The molecule has 0 unspecified atom stereocenters. The lowest BCUT2D eigenvalue weighted by Gasteiger charge is -2.14. The summed E-state index contributed by atoms with van der Waals surface area (Å²) in [6, 6.07) is 4.43. The largest absolute Gasteiger partial charge is 0.480 e. The first kappa shape index (κ1) is 15.8. The molecule has 0 aliphatic carbocycles. The molecule has 0 bridgehead atoms. The van der Waals surface area contributed by atoms with E-state index in [0.717, 1.165) is 0 Å². The van der Waals surface area contributed by atoms with Crippen molar-refractivity contribution >= 4 is 35.2 Å². The van der Waals surface area contributed by atoms with E-state index in [4.69, 9.17) is 22.4 Å². The normalized spacial score (nSPS) is 11.4. The van der Waals surface area contributed by atoms with Crippen LogP contribution in [-0.2, 0) is 9.59 Å². The van der Waals surface area contributed by atoms with Crippen LogP contribution in [0.25, 0.3) is 0 Å². The summed E-state index contributed by atoms with van der Waals surface area (Å²) in [6.07, 6.45) is -0.198. The van der Waals surface area contributed by atoms with Gasteiger partial charge < -0.3 is 21.5 Å². The van der Waals surface area contributed by atoms with Gasteiger partial charge in [0.2, 0.25) is 5.91 Å². The van der Waals surface area contributed by atoms with Gasteiger partial charge in [-0.25, -0.2) is 9.59 Å². The monoisotopic (exact) mass is 299 g/mol. The molecule has 3 amide bonds. The molecule has 108 valence electrons. The van der Waals surface area contributed by atoms with Crippen LogP contribution in [0.1, 0.15) is 12.8 Å². The number of halogens is 1. The van der Waals surface area contributed by atoms with Crippen LogP contribution < -0.4 is 16.4 Å². The predicted octanol–water partition coefficient (Wildman–Crippen LogP) is 1.18. The van der Waals surface area contributed by atoms with E-state index >= 15 is 0 Å². The number of carbonyl (C=O) groups is 3. The van der Waals surface area contributed by atoms with E-state index in [1.54, 1.807) is 24.3 Å². The van der Waals surface area contributed by atoms with Gasteiger partial charge in [0.05, 0.1) is 0 Å². The van der Waals surface area contributed by atoms with E-state index in [9.17, 15) is 14.4 Å². The first-order valence-corrected chi connectivity index (χ1v) is 6.10. The third kappa shape index (κ3) is 5.57. The number of nitrogens with two attached hydrogens (primary N) is 1. The summed E-state index contributed by atoms with van der Waals surface area (Å²) in [6.45, 7) is 0. The van der Waals surface area contributed by atoms with Crippen LogP contribution in [0.15, 0.2) is 24.3 Å². The lowest BCUT2D eigenvalue weighted by molar-refractivity contribution is -0.139. The number of anilines is 1. The number of nitrogens with one attached hydrogen (secondary N) is 2. The van der Waals surface area contributed by atoms with E-state index in [0.29, 0.717) is 10.7 Å². The highest BCUT2D eigenvalue weighted by atomic mass is 35.5. The zero-order chi connectivity index (χ0) is 15.1. The molecular weight excluding hydrogens is 286 g/mol. The Balaban J connectivity index is 2.55. The Labute approximate surface area is 120 Å². The van der Waals surface area contributed by atoms with E-state index in [2.05, 4.69) is 10.6 Å². The Kier molecular flexibility index (Phi) is 5.79. The fourth-order valence-electron chi connectivity index (χ4n) is 1.40. The molecule has 0 aliphatic heterocycles. The third-order valence-electron chi connectivity index (χ3n) is 2.38. The molecule has 8 heteroatoms. The summed E-state index contributed by atoms with van der Waals surface area (Å²) in [5.41, 5.74) is 5.40. The fraction of sp³-hybridized carbons (Fsp3) is 0.250. The maximum Gasteiger partial charge on any atom is 0.326 e. The van der Waals surface area contributed by atoms with Crippen LogP contribution in [0.4, 0.5) is 10.5 Å². The van der Waals surface area contributed by atoms with E-state index in [-0.39, 0.29) is 12.8 Å². The van der Waals surface area contributed by atoms with Crippen molar-refractivity contribution in [3.05, 3.63) is 29.3 Å². The maximum atomic E-state index is 11.6. The van der Waals surface area contributed by atoms with Crippen LogP contribution in [0.5, 0.6) is 0 Å². The third-order valence-corrected chi connectivity index (χ3v) is 2.64. The van der Waals surface area contributed by atoms with Gasteiger partial charge in [-0.2, -0.15) is 0 Å². The average Bonchev–Trinajstić information content (AvgIpc) is 2.36. The minimum atomic E-state index is -1.24. The van der Waals surface area contributed by atoms with Crippen molar-refractivity contribution in [2.45, 2.75) is 18.9 Å². The summed E-state index contributed by atoms with van der Waals surface area (Å²) >= 11 is 5.70. The Morgan fingerprint density at radius 2 is 1.85 bits per heavy atom.